The fourth-order valence-corrected chi connectivity index (χ4v) is 2.37. The molecule has 0 bridgehead atoms. The number of imidazole rings is 1. The molecule has 0 aliphatic heterocycles. The topological polar surface area (TPSA) is 67.2 Å². The highest BCUT2D eigenvalue weighted by atomic mass is 16.3. The van der Waals surface area contributed by atoms with Gasteiger partial charge in [0.1, 0.15) is 5.75 Å². The summed E-state index contributed by atoms with van der Waals surface area (Å²) < 4.78 is 1.91. The number of aromatic nitrogens is 2. The number of carbonyl (C=O) groups excluding carboxylic acids is 1. The normalized spacial score (nSPS) is 11.9. The molecule has 116 valence electrons. The number of amides is 1. The maximum Gasteiger partial charge on any atom is 0.255 e. The number of para-hydroxylation sites is 1. The van der Waals surface area contributed by atoms with Crippen molar-refractivity contribution in [2.24, 2.45) is 0 Å². The molecular formula is C18H17N3O2. The number of hydrogen-bond acceptors (Lipinski definition) is 3. The molecule has 2 aromatic carbocycles. The first-order chi connectivity index (χ1) is 11.1. The van der Waals surface area contributed by atoms with Crippen LogP contribution in [0.5, 0.6) is 5.75 Å². The summed E-state index contributed by atoms with van der Waals surface area (Å²) in [6.07, 6.45) is 5.33. The van der Waals surface area contributed by atoms with Crippen molar-refractivity contribution in [1.29, 1.82) is 0 Å². The van der Waals surface area contributed by atoms with Crippen LogP contribution in [0.25, 0.3) is 5.69 Å². The minimum absolute atomic E-state index is 0.0207. The van der Waals surface area contributed by atoms with E-state index >= 15 is 0 Å². The summed E-state index contributed by atoms with van der Waals surface area (Å²) in [6.45, 7) is 1.91. The Morgan fingerprint density at radius 3 is 2.57 bits per heavy atom. The van der Waals surface area contributed by atoms with Gasteiger partial charge in [-0.1, -0.05) is 24.3 Å². The molecule has 0 saturated heterocycles. The summed E-state index contributed by atoms with van der Waals surface area (Å²) in [7, 11) is 0. The van der Waals surface area contributed by atoms with Crippen LogP contribution in [-0.2, 0) is 0 Å². The minimum atomic E-state index is -0.297. The van der Waals surface area contributed by atoms with E-state index in [1.807, 2.05) is 42.0 Å². The van der Waals surface area contributed by atoms with Crippen molar-refractivity contribution in [3.63, 3.8) is 0 Å². The van der Waals surface area contributed by atoms with Crippen molar-refractivity contribution in [3.05, 3.63) is 78.4 Å². The third kappa shape index (κ3) is 3.23. The van der Waals surface area contributed by atoms with E-state index in [4.69, 9.17) is 0 Å². The predicted octanol–water partition coefficient (Wildman–Crippen LogP) is 3.07. The second-order valence-corrected chi connectivity index (χ2v) is 5.27. The Kier molecular flexibility index (Phi) is 4.10. The standard InChI is InChI=1S/C18H17N3O2/c1-13(20-18(23)16-4-2-3-5-17(16)22)14-6-8-15(9-7-14)21-11-10-19-12-21/h2-13,22H,1H3,(H,20,23)/t13-/m0/s1. The van der Waals surface area contributed by atoms with Crippen LogP contribution in [0.1, 0.15) is 28.9 Å². The van der Waals surface area contributed by atoms with Gasteiger partial charge in [-0.25, -0.2) is 4.98 Å². The Labute approximate surface area is 134 Å². The number of phenolic OH excluding ortho intramolecular Hbond substituents is 1. The summed E-state index contributed by atoms with van der Waals surface area (Å²) in [5.74, 6) is -0.318. The zero-order valence-electron chi connectivity index (χ0n) is 12.7. The van der Waals surface area contributed by atoms with Crippen LogP contribution in [0, 0.1) is 0 Å². The van der Waals surface area contributed by atoms with E-state index < -0.39 is 0 Å². The van der Waals surface area contributed by atoms with Crippen LogP contribution in [0.4, 0.5) is 0 Å². The second kappa shape index (κ2) is 6.36. The lowest BCUT2D eigenvalue weighted by Gasteiger charge is -2.15. The summed E-state index contributed by atoms with van der Waals surface area (Å²) in [5, 5.41) is 12.6. The van der Waals surface area contributed by atoms with E-state index in [1.165, 1.54) is 6.07 Å². The van der Waals surface area contributed by atoms with Crippen molar-refractivity contribution in [2.45, 2.75) is 13.0 Å². The molecule has 0 spiro atoms. The van der Waals surface area contributed by atoms with Gasteiger partial charge in [-0.15, -0.1) is 0 Å². The number of rotatable bonds is 4. The number of carbonyl (C=O) groups is 1. The van der Waals surface area contributed by atoms with E-state index in [-0.39, 0.29) is 23.3 Å². The molecule has 0 fully saturated rings. The fraction of sp³-hybridized carbons (Fsp3) is 0.111. The van der Waals surface area contributed by atoms with E-state index in [1.54, 1.807) is 30.7 Å². The maximum absolute atomic E-state index is 12.2. The van der Waals surface area contributed by atoms with Crippen LogP contribution >= 0.6 is 0 Å². The van der Waals surface area contributed by atoms with Gasteiger partial charge in [-0.2, -0.15) is 0 Å². The molecule has 1 amide bonds. The number of hydrogen-bond donors (Lipinski definition) is 2. The van der Waals surface area contributed by atoms with Crippen LogP contribution < -0.4 is 5.32 Å². The van der Waals surface area contributed by atoms with Gasteiger partial charge in [-0.3, -0.25) is 4.79 Å². The first-order valence-corrected chi connectivity index (χ1v) is 7.32. The summed E-state index contributed by atoms with van der Waals surface area (Å²) in [6, 6.07) is 14.2. The van der Waals surface area contributed by atoms with Crippen molar-refractivity contribution in [2.75, 3.05) is 0 Å². The van der Waals surface area contributed by atoms with Gasteiger partial charge in [0.05, 0.1) is 17.9 Å². The Morgan fingerprint density at radius 1 is 1.17 bits per heavy atom. The summed E-state index contributed by atoms with van der Waals surface area (Å²) in [5.41, 5.74) is 2.26. The molecule has 5 nitrogen and oxygen atoms in total. The number of nitrogens with one attached hydrogen (secondary N) is 1. The Bertz CT molecular complexity index is 795. The predicted molar refractivity (Wildman–Crippen MR) is 87.6 cm³/mol. The maximum atomic E-state index is 12.2. The van der Waals surface area contributed by atoms with Crippen molar-refractivity contribution in [3.8, 4) is 11.4 Å². The third-order valence-corrected chi connectivity index (χ3v) is 3.69. The fourth-order valence-electron chi connectivity index (χ4n) is 2.37. The summed E-state index contributed by atoms with van der Waals surface area (Å²) in [4.78, 5) is 16.2. The van der Waals surface area contributed by atoms with E-state index in [0.29, 0.717) is 0 Å². The third-order valence-electron chi connectivity index (χ3n) is 3.69. The SMILES string of the molecule is C[C@H](NC(=O)c1ccccc1O)c1ccc(-n2ccnc2)cc1. The number of nitrogens with zero attached hydrogens (tertiary/aromatic N) is 2. The van der Waals surface area contributed by atoms with Gasteiger partial charge >= 0.3 is 0 Å². The minimum Gasteiger partial charge on any atom is -0.507 e. The smallest absolute Gasteiger partial charge is 0.255 e. The molecule has 0 radical (unpaired) electrons. The highest BCUT2D eigenvalue weighted by molar-refractivity contribution is 5.96. The van der Waals surface area contributed by atoms with Gasteiger partial charge in [0.2, 0.25) is 0 Å². The van der Waals surface area contributed by atoms with Gasteiger partial charge in [0.15, 0.2) is 0 Å². The zero-order valence-corrected chi connectivity index (χ0v) is 12.7. The number of phenols is 1. The van der Waals surface area contributed by atoms with Crippen molar-refractivity contribution < 1.29 is 9.90 Å². The van der Waals surface area contributed by atoms with E-state index in [9.17, 15) is 9.90 Å². The highest BCUT2D eigenvalue weighted by Gasteiger charge is 2.14. The van der Waals surface area contributed by atoms with Gasteiger partial charge in [0, 0.05) is 18.1 Å². The van der Waals surface area contributed by atoms with Crippen molar-refractivity contribution >= 4 is 5.91 Å². The molecule has 0 saturated carbocycles. The second-order valence-electron chi connectivity index (χ2n) is 5.27. The lowest BCUT2D eigenvalue weighted by Crippen LogP contribution is -2.26. The van der Waals surface area contributed by atoms with Crippen LogP contribution in [-0.4, -0.2) is 20.6 Å². The molecule has 1 heterocycles. The first kappa shape index (κ1) is 14.8. The Hall–Kier alpha value is -3.08. The monoisotopic (exact) mass is 307 g/mol. The highest BCUT2D eigenvalue weighted by Crippen LogP contribution is 2.19. The molecule has 3 rings (SSSR count). The largest absolute Gasteiger partial charge is 0.507 e. The molecule has 23 heavy (non-hydrogen) atoms. The average molecular weight is 307 g/mol. The Morgan fingerprint density at radius 2 is 1.91 bits per heavy atom. The van der Waals surface area contributed by atoms with Gasteiger partial charge < -0.3 is 15.0 Å². The number of benzene rings is 2. The molecule has 0 aliphatic rings. The first-order valence-electron chi connectivity index (χ1n) is 7.32. The average Bonchev–Trinajstić information content (AvgIpc) is 3.09. The van der Waals surface area contributed by atoms with Gasteiger partial charge in [-0.05, 0) is 36.8 Å². The molecule has 1 atom stereocenters. The van der Waals surface area contributed by atoms with Crippen LogP contribution in [0.3, 0.4) is 0 Å². The summed E-state index contributed by atoms with van der Waals surface area (Å²) >= 11 is 0. The van der Waals surface area contributed by atoms with Crippen molar-refractivity contribution in [1.82, 2.24) is 14.9 Å². The molecule has 5 heteroatoms. The molecule has 3 aromatic rings. The quantitative estimate of drug-likeness (QED) is 0.778. The van der Waals surface area contributed by atoms with Gasteiger partial charge in [0.25, 0.3) is 5.91 Å². The molecule has 0 unspecified atom stereocenters. The van der Waals surface area contributed by atoms with E-state index in [0.717, 1.165) is 11.3 Å². The lowest BCUT2D eigenvalue weighted by atomic mass is 10.1. The molecular weight excluding hydrogens is 290 g/mol. The van der Waals surface area contributed by atoms with Crippen LogP contribution in [0.2, 0.25) is 0 Å². The Balaban J connectivity index is 1.72. The molecule has 0 aliphatic carbocycles. The molecule has 1 aromatic heterocycles. The zero-order chi connectivity index (χ0) is 16.2. The van der Waals surface area contributed by atoms with Crippen LogP contribution in [0.15, 0.2) is 67.3 Å². The lowest BCUT2D eigenvalue weighted by molar-refractivity contribution is 0.0937. The molecule has 2 N–H and O–H groups in total. The number of aromatic hydroxyl groups is 1. The van der Waals surface area contributed by atoms with E-state index in [2.05, 4.69) is 10.3 Å².